The fourth-order valence-corrected chi connectivity index (χ4v) is 4.38. The number of aryl methyl sites for hydroxylation is 1. The van der Waals surface area contributed by atoms with Gasteiger partial charge >= 0.3 is 0 Å². The summed E-state index contributed by atoms with van der Waals surface area (Å²) >= 11 is 0. The highest BCUT2D eigenvalue weighted by molar-refractivity contribution is 7.89. The van der Waals surface area contributed by atoms with E-state index in [-0.39, 0.29) is 4.90 Å². The van der Waals surface area contributed by atoms with Gasteiger partial charge in [-0.05, 0) is 18.9 Å². The van der Waals surface area contributed by atoms with Crippen molar-refractivity contribution in [2.45, 2.75) is 11.3 Å². The Morgan fingerprint density at radius 2 is 2.08 bits per heavy atom. The minimum atomic E-state index is -3.45. The first-order valence-electron chi connectivity index (χ1n) is 8.54. The second kappa shape index (κ2) is 7.92. The van der Waals surface area contributed by atoms with E-state index in [4.69, 9.17) is 4.74 Å². The fraction of sp³-hybridized carbons (Fsp3) is 0.800. The van der Waals surface area contributed by atoms with Gasteiger partial charge in [-0.2, -0.15) is 5.10 Å². The van der Waals surface area contributed by atoms with E-state index < -0.39 is 10.0 Å². The number of hydrogen-bond donors (Lipinski definition) is 1. The summed E-state index contributed by atoms with van der Waals surface area (Å²) in [5, 5.41) is 3.91. The number of nitrogens with one attached hydrogen (secondary N) is 1. The molecule has 0 aliphatic carbocycles. The van der Waals surface area contributed by atoms with Crippen LogP contribution in [0.25, 0.3) is 0 Å². The zero-order valence-electron chi connectivity index (χ0n) is 14.2. The molecule has 2 aliphatic rings. The van der Waals surface area contributed by atoms with Crippen LogP contribution in [0.3, 0.4) is 0 Å². The molecule has 24 heavy (non-hydrogen) atoms. The molecule has 0 bridgehead atoms. The van der Waals surface area contributed by atoms with Crippen molar-refractivity contribution < 1.29 is 13.2 Å². The first-order valence-corrected chi connectivity index (χ1v) is 10.0. The van der Waals surface area contributed by atoms with Crippen LogP contribution in [0.4, 0.5) is 0 Å². The number of morpholine rings is 1. The Bertz CT molecular complexity index is 627. The van der Waals surface area contributed by atoms with Crippen LogP contribution in [0.2, 0.25) is 0 Å². The fourth-order valence-electron chi connectivity index (χ4n) is 3.37. The molecule has 8 nitrogen and oxygen atoms in total. The van der Waals surface area contributed by atoms with E-state index in [1.807, 2.05) is 0 Å². The van der Waals surface area contributed by atoms with Crippen LogP contribution in [0.15, 0.2) is 17.3 Å². The van der Waals surface area contributed by atoms with Gasteiger partial charge in [0.05, 0.1) is 19.4 Å². The molecular formula is C15H27N5O3S. The zero-order valence-corrected chi connectivity index (χ0v) is 15.0. The Labute approximate surface area is 143 Å². The van der Waals surface area contributed by atoms with Crippen molar-refractivity contribution in [2.75, 3.05) is 59.0 Å². The van der Waals surface area contributed by atoms with E-state index in [0.717, 1.165) is 52.5 Å². The molecule has 1 unspecified atom stereocenters. The maximum absolute atomic E-state index is 12.1. The van der Waals surface area contributed by atoms with Gasteiger partial charge in [0.15, 0.2) is 0 Å². The number of likely N-dealkylation sites (tertiary alicyclic amines) is 1. The summed E-state index contributed by atoms with van der Waals surface area (Å²) in [6, 6.07) is 0. The monoisotopic (exact) mass is 357 g/mol. The Morgan fingerprint density at radius 3 is 2.79 bits per heavy atom. The van der Waals surface area contributed by atoms with Crippen LogP contribution < -0.4 is 4.72 Å². The van der Waals surface area contributed by atoms with Crippen molar-refractivity contribution >= 4 is 10.0 Å². The van der Waals surface area contributed by atoms with Gasteiger partial charge in [0.1, 0.15) is 4.90 Å². The minimum absolute atomic E-state index is 0.219. The van der Waals surface area contributed by atoms with Gasteiger partial charge in [-0.3, -0.25) is 9.58 Å². The molecule has 1 aromatic heterocycles. The lowest BCUT2D eigenvalue weighted by Gasteiger charge is -2.29. The first kappa shape index (κ1) is 17.8. The van der Waals surface area contributed by atoms with Crippen molar-refractivity contribution in [3.05, 3.63) is 12.4 Å². The van der Waals surface area contributed by atoms with Gasteiger partial charge in [0, 0.05) is 52.5 Å². The van der Waals surface area contributed by atoms with Crippen LogP contribution >= 0.6 is 0 Å². The average molecular weight is 357 g/mol. The summed E-state index contributed by atoms with van der Waals surface area (Å²) in [6.07, 6.45) is 4.07. The highest BCUT2D eigenvalue weighted by atomic mass is 32.2. The maximum Gasteiger partial charge on any atom is 0.243 e. The lowest BCUT2D eigenvalue weighted by Crippen LogP contribution is -2.40. The van der Waals surface area contributed by atoms with Crippen molar-refractivity contribution in [1.82, 2.24) is 24.3 Å². The van der Waals surface area contributed by atoms with Crippen LogP contribution in [0.1, 0.15) is 6.42 Å². The number of sulfonamides is 1. The van der Waals surface area contributed by atoms with Crippen LogP contribution in [-0.2, 0) is 21.8 Å². The third-order valence-electron chi connectivity index (χ3n) is 4.70. The molecule has 1 atom stereocenters. The highest BCUT2D eigenvalue weighted by Gasteiger charge is 2.25. The number of nitrogens with zero attached hydrogens (tertiary/aromatic N) is 4. The predicted molar refractivity (Wildman–Crippen MR) is 90.2 cm³/mol. The molecule has 9 heteroatoms. The molecule has 2 saturated heterocycles. The average Bonchev–Trinajstić information content (AvgIpc) is 3.18. The smallest absolute Gasteiger partial charge is 0.243 e. The molecule has 0 amide bonds. The van der Waals surface area contributed by atoms with Crippen LogP contribution in [0, 0.1) is 5.92 Å². The molecule has 0 saturated carbocycles. The molecule has 1 N–H and O–H groups in total. The predicted octanol–water partition coefficient (Wildman–Crippen LogP) is -0.647. The topological polar surface area (TPSA) is 79.7 Å². The van der Waals surface area contributed by atoms with Crippen molar-refractivity contribution in [3.63, 3.8) is 0 Å². The number of aromatic nitrogens is 2. The highest BCUT2D eigenvalue weighted by Crippen LogP contribution is 2.17. The van der Waals surface area contributed by atoms with Crippen LogP contribution in [-0.4, -0.2) is 87.0 Å². The summed E-state index contributed by atoms with van der Waals surface area (Å²) in [7, 11) is -1.74. The lowest BCUT2D eigenvalue weighted by molar-refractivity contribution is 0.0312. The van der Waals surface area contributed by atoms with E-state index in [1.54, 1.807) is 7.05 Å². The van der Waals surface area contributed by atoms with Gasteiger partial charge in [0.25, 0.3) is 0 Å². The summed E-state index contributed by atoms with van der Waals surface area (Å²) in [4.78, 5) is 5.04. The lowest BCUT2D eigenvalue weighted by atomic mass is 10.1. The van der Waals surface area contributed by atoms with E-state index in [9.17, 15) is 8.42 Å². The third kappa shape index (κ3) is 4.76. The molecule has 3 heterocycles. The molecule has 2 fully saturated rings. The number of rotatable bonds is 7. The molecule has 1 aromatic rings. The molecule has 0 radical (unpaired) electrons. The van der Waals surface area contributed by atoms with E-state index in [2.05, 4.69) is 19.6 Å². The largest absolute Gasteiger partial charge is 0.379 e. The summed E-state index contributed by atoms with van der Waals surface area (Å²) in [6.45, 7) is 8.14. The molecule has 2 aliphatic heterocycles. The maximum atomic E-state index is 12.1. The Morgan fingerprint density at radius 1 is 1.29 bits per heavy atom. The Hall–Kier alpha value is -1.00. The third-order valence-corrected chi connectivity index (χ3v) is 6.12. The minimum Gasteiger partial charge on any atom is -0.379 e. The first-order chi connectivity index (χ1) is 11.5. The normalized spacial score (nSPS) is 23.8. The van der Waals surface area contributed by atoms with Crippen molar-refractivity contribution in [2.24, 2.45) is 13.0 Å². The van der Waals surface area contributed by atoms with Crippen molar-refractivity contribution in [3.8, 4) is 0 Å². The number of ether oxygens (including phenoxy) is 1. The van der Waals surface area contributed by atoms with E-state index in [0.29, 0.717) is 12.5 Å². The van der Waals surface area contributed by atoms with E-state index >= 15 is 0 Å². The van der Waals surface area contributed by atoms with Gasteiger partial charge in [0.2, 0.25) is 10.0 Å². The molecule has 0 aromatic carbocycles. The zero-order chi connectivity index (χ0) is 17.0. The van der Waals surface area contributed by atoms with Gasteiger partial charge in [-0.1, -0.05) is 0 Å². The van der Waals surface area contributed by atoms with Crippen molar-refractivity contribution in [1.29, 1.82) is 0 Å². The van der Waals surface area contributed by atoms with Gasteiger partial charge in [-0.25, -0.2) is 13.1 Å². The summed E-state index contributed by atoms with van der Waals surface area (Å²) in [5.41, 5.74) is 0. The summed E-state index contributed by atoms with van der Waals surface area (Å²) in [5.74, 6) is 0.679. The van der Waals surface area contributed by atoms with Crippen LogP contribution in [0.5, 0.6) is 0 Å². The molecule has 3 rings (SSSR count). The number of hydrogen-bond acceptors (Lipinski definition) is 6. The van der Waals surface area contributed by atoms with E-state index in [1.165, 1.54) is 23.5 Å². The molecular weight excluding hydrogens is 330 g/mol. The SMILES string of the molecule is Cn1cc(S(=O)(=O)NCCN2CCC(CN3CCOCC3)C2)cn1. The van der Waals surface area contributed by atoms with Gasteiger partial charge < -0.3 is 9.64 Å². The molecule has 0 spiro atoms. The van der Waals surface area contributed by atoms with Gasteiger partial charge in [-0.15, -0.1) is 0 Å². The molecule has 136 valence electrons. The summed E-state index contributed by atoms with van der Waals surface area (Å²) < 4.78 is 33.8. The second-order valence-corrected chi connectivity index (χ2v) is 8.38. The quantitative estimate of drug-likeness (QED) is 0.699. The standard InChI is InChI=1S/C15H27N5O3S/c1-18-13-15(10-16-18)24(21,22)17-3-5-19-4-2-14(11-19)12-20-6-8-23-9-7-20/h10,13-14,17H,2-9,11-12H2,1H3. The Kier molecular flexibility index (Phi) is 5.88. The second-order valence-electron chi connectivity index (χ2n) is 6.62. The Balaban J connectivity index is 1.38.